The standard InChI is InChI=1S/C12H9Cl2NO3S2/c1-6(16)11-5-10(15(17)18)12(20-11)19-7-2-3-8(13)9(14)4-7/h2-6,16H,1H3. The van der Waals surface area contributed by atoms with Crippen molar-refractivity contribution < 1.29 is 10.0 Å². The van der Waals surface area contributed by atoms with Gasteiger partial charge >= 0.3 is 0 Å². The van der Waals surface area contributed by atoms with Gasteiger partial charge in [0.25, 0.3) is 5.69 Å². The van der Waals surface area contributed by atoms with E-state index >= 15 is 0 Å². The Bertz CT molecular complexity index is 658. The molecule has 0 fully saturated rings. The van der Waals surface area contributed by atoms with Gasteiger partial charge in [0.15, 0.2) is 0 Å². The second-order valence-corrected chi connectivity index (χ2v) is 7.17. The van der Waals surface area contributed by atoms with Gasteiger partial charge < -0.3 is 5.11 Å². The molecule has 0 saturated carbocycles. The Hall–Kier alpha value is -0.790. The lowest BCUT2D eigenvalue weighted by Gasteiger charge is -2.01. The maximum Gasteiger partial charge on any atom is 0.294 e. The Morgan fingerprint density at radius 3 is 2.60 bits per heavy atom. The molecule has 1 heterocycles. The van der Waals surface area contributed by atoms with Crippen molar-refractivity contribution in [1.29, 1.82) is 0 Å². The number of nitrogens with zero attached hydrogens (tertiary/aromatic N) is 1. The van der Waals surface area contributed by atoms with E-state index in [1.165, 1.54) is 29.2 Å². The third-order valence-corrected chi connectivity index (χ3v) is 5.62. The second kappa shape index (κ2) is 6.32. The number of aliphatic hydroxyl groups is 1. The van der Waals surface area contributed by atoms with Gasteiger partial charge in [-0.25, -0.2) is 0 Å². The molecule has 0 amide bonds. The number of thiophene rings is 1. The highest BCUT2D eigenvalue weighted by molar-refractivity contribution is 8.01. The summed E-state index contributed by atoms with van der Waals surface area (Å²) in [6, 6.07) is 6.43. The molecule has 0 spiro atoms. The highest BCUT2D eigenvalue weighted by atomic mass is 35.5. The smallest absolute Gasteiger partial charge is 0.294 e. The molecular weight excluding hydrogens is 341 g/mol. The summed E-state index contributed by atoms with van der Waals surface area (Å²) in [5, 5.41) is 21.4. The van der Waals surface area contributed by atoms with E-state index in [1.807, 2.05) is 0 Å². The van der Waals surface area contributed by atoms with Crippen molar-refractivity contribution in [2.45, 2.75) is 22.1 Å². The molecule has 0 aliphatic heterocycles. The van der Waals surface area contributed by atoms with Crippen LogP contribution in [-0.4, -0.2) is 10.0 Å². The fraction of sp³-hybridized carbons (Fsp3) is 0.167. The quantitative estimate of drug-likeness (QED) is 0.610. The summed E-state index contributed by atoms with van der Waals surface area (Å²) >= 11 is 14.2. The summed E-state index contributed by atoms with van der Waals surface area (Å²) in [7, 11) is 0. The van der Waals surface area contributed by atoms with Crippen LogP contribution in [-0.2, 0) is 0 Å². The van der Waals surface area contributed by atoms with E-state index in [2.05, 4.69) is 0 Å². The molecule has 2 rings (SSSR count). The molecule has 20 heavy (non-hydrogen) atoms. The summed E-state index contributed by atoms with van der Waals surface area (Å²) in [5.41, 5.74) is -0.0121. The summed E-state index contributed by atoms with van der Waals surface area (Å²) in [6.45, 7) is 1.57. The SMILES string of the molecule is CC(O)c1cc([N+](=O)[O-])c(Sc2ccc(Cl)c(Cl)c2)s1. The molecule has 106 valence electrons. The Kier molecular flexibility index (Phi) is 4.93. The van der Waals surface area contributed by atoms with Crippen LogP contribution in [0.15, 0.2) is 33.4 Å². The van der Waals surface area contributed by atoms with E-state index in [1.54, 1.807) is 25.1 Å². The van der Waals surface area contributed by atoms with Crippen LogP contribution < -0.4 is 0 Å². The predicted molar refractivity (Wildman–Crippen MR) is 82.2 cm³/mol. The molecule has 0 bridgehead atoms. The first-order chi connectivity index (χ1) is 9.38. The number of hydrogen-bond donors (Lipinski definition) is 1. The Morgan fingerprint density at radius 1 is 1.35 bits per heavy atom. The van der Waals surface area contributed by atoms with Crippen molar-refractivity contribution in [3.63, 3.8) is 0 Å². The Morgan fingerprint density at radius 2 is 2.05 bits per heavy atom. The Labute approximate surface area is 133 Å². The third-order valence-electron chi connectivity index (χ3n) is 2.41. The molecule has 0 saturated heterocycles. The van der Waals surface area contributed by atoms with Gasteiger partial charge in [0.05, 0.1) is 21.1 Å². The first-order valence-electron chi connectivity index (χ1n) is 5.47. The lowest BCUT2D eigenvalue weighted by Crippen LogP contribution is -1.87. The van der Waals surface area contributed by atoms with Gasteiger partial charge in [0.1, 0.15) is 4.21 Å². The fourth-order valence-corrected chi connectivity index (χ4v) is 4.10. The molecule has 2 aromatic rings. The number of rotatable bonds is 4. The Balaban J connectivity index is 2.36. The normalized spacial score (nSPS) is 12.4. The zero-order valence-corrected chi connectivity index (χ0v) is 13.3. The van der Waals surface area contributed by atoms with E-state index in [-0.39, 0.29) is 5.69 Å². The van der Waals surface area contributed by atoms with Crippen molar-refractivity contribution in [3.8, 4) is 0 Å². The molecule has 1 atom stereocenters. The summed E-state index contributed by atoms with van der Waals surface area (Å²) in [5.74, 6) is 0. The van der Waals surface area contributed by atoms with Crippen LogP contribution in [0.3, 0.4) is 0 Å². The molecule has 1 unspecified atom stereocenters. The molecule has 1 N–H and O–H groups in total. The van der Waals surface area contributed by atoms with Gasteiger partial charge in [0.2, 0.25) is 0 Å². The largest absolute Gasteiger partial charge is 0.388 e. The summed E-state index contributed by atoms with van der Waals surface area (Å²) in [6.07, 6.45) is -0.734. The summed E-state index contributed by atoms with van der Waals surface area (Å²) in [4.78, 5) is 11.9. The van der Waals surface area contributed by atoms with Crippen molar-refractivity contribution in [3.05, 3.63) is 49.3 Å². The van der Waals surface area contributed by atoms with E-state index in [0.717, 1.165) is 4.90 Å². The molecular formula is C12H9Cl2NO3S2. The first kappa shape index (κ1) is 15.6. The molecule has 1 aromatic carbocycles. The van der Waals surface area contributed by atoms with Crippen LogP contribution >= 0.6 is 46.3 Å². The molecule has 4 nitrogen and oxygen atoms in total. The first-order valence-corrected chi connectivity index (χ1v) is 7.86. The van der Waals surface area contributed by atoms with E-state index in [4.69, 9.17) is 23.2 Å². The minimum absolute atomic E-state index is 0.0121. The van der Waals surface area contributed by atoms with Gasteiger partial charge in [-0.05, 0) is 25.1 Å². The van der Waals surface area contributed by atoms with Crippen LogP contribution in [0.4, 0.5) is 5.69 Å². The van der Waals surface area contributed by atoms with Crippen LogP contribution in [0, 0.1) is 10.1 Å². The van der Waals surface area contributed by atoms with Crippen LogP contribution in [0.5, 0.6) is 0 Å². The minimum Gasteiger partial charge on any atom is -0.388 e. The zero-order valence-electron chi connectivity index (χ0n) is 10.2. The predicted octanol–water partition coefficient (Wildman–Crippen LogP) is 5.17. The molecule has 8 heteroatoms. The third kappa shape index (κ3) is 3.45. The van der Waals surface area contributed by atoms with Crippen LogP contribution in [0.25, 0.3) is 0 Å². The number of hydrogen-bond acceptors (Lipinski definition) is 5. The zero-order chi connectivity index (χ0) is 14.9. The van der Waals surface area contributed by atoms with Crippen LogP contribution in [0.1, 0.15) is 17.9 Å². The second-order valence-electron chi connectivity index (χ2n) is 3.93. The number of aliphatic hydroxyl groups excluding tert-OH is 1. The van der Waals surface area contributed by atoms with Gasteiger partial charge in [-0.2, -0.15) is 0 Å². The highest BCUT2D eigenvalue weighted by Gasteiger charge is 2.22. The average Bonchev–Trinajstić information content (AvgIpc) is 2.78. The van der Waals surface area contributed by atoms with Gasteiger partial charge in [-0.15, -0.1) is 11.3 Å². The van der Waals surface area contributed by atoms with Crippen molar-refractivity contribution in [1.82, 2.24) is 0 Å². The summed E-state index contributed by atoms with van der Waals surface area (Å²) < 4.78 is 0.504. The number of nitro groups is 1. The van der Waals surface area contributed by atoms with Crippen molar-refractivity contribution >= 4 is 52.0 Å². The molecule has 0 aliphatic rings. The van der Waals surface area contributed by atoms with Gasteiger partial charge in [0, 0.05) is 15.8 Å². The van der Waals surface area contributed by atoms with Gasteiger partial charge in [-0.3, -0.25) is 10.1 Å². The number of benzene rings is 1. The van der Waals surface area contributed by atoms with Crippen LogP contribution in [0.2, 0.25) is 10.0 Å². The number of halogens is 2. The van der Waals surface area contributed by atoms with Crippen molar-refractivity contribution in [2.24, 2.45) is 0 Å². The molecule has 1 aromatic heterocycles. The lowest BCUT2D eigenvalue weighted by molar-refractivity contribution is -0.387. The minimum atomic E-state index is -0.734. The topological polar surface area (TPSA) is 63.4 Å². The molecule has 0 aliphatic carbocycles. The maximum atomic E-state index is 11.0. The van der Waals surface area contributed by atoms with E-state index < -0.39 is 11.0 Å². The monoisotopic (exact) mass is 349 g/mol. The lowest BCUT2D eigenvalue weighted by atomic mass is 10.3. The average molecular weight is 350 g/mol. The molecule has 0 radical (unpaired) electrons. The fourth-order valence-electron chi connectivity index (χ4n) is 1.44. The maximum absolute atomic E-state index is 11.0. The van der Waals surface area contributed by atoms with E-state index in [0.29, 0.717) is 19.1 Å². The van der Waals surface area contributed by atoms with E-state index in [9.17, 15) is 15.2 Å². The van der Waals surface area contributed by atoms with Gasteiger partial charge in [-0.1, -0.05) is 35.0 Å². The highest BCUT2D eigenvalue weighted by Crippen LogP contribution is 2.43. The van der Waals surface area contributed by atoms with Crippen molar-refractivity contribution in [2.75, 3.05) is 0 Å².